The fourth-order valence-electron chi connectivity index (χ4n) is 1.77. The lowest BCUT2D eigenvalue weighted by Gasteiger charge is -2.08. The topological polar surface area (TPSA) is 55.8 Å². The number of ether oxygens (including phenoxy) is 2. The van der Waals surface area contributed by atoms with Crippen molar-refractivity contribution in [2.24, 2.45) is 0 Å². The Morgan fingerprint density at radius 1 is 1.14 bits per heavy atom. The van der Waals surface area contributed by atoms with Gasteiger partial charge < -0.3 is 14.6 Å². The van der Waals surface area contributed by atoms with Gasteiger partial charge in [0.05, 0.1) is 19.3 Å². The summed E-state index contributed by atoms with van der Waals surface area (Å²) in [6.07, 6.45) is 0. The van der Waals surface area contributed by atoms with E-state index in [2.05, 4.69) is 0 Å². The van der Waals surface area contributed by atoms with Gasteiger partial charge in [-0.2, -0.15) is 0 Å². The summed E-state index contributed by atoms with van der Waals surface area (Å²) in [4.78, 5) is 11.8. The van der Waals surface area contributed by atoms with Crippen LogP contribution in [0.4, 0.5) is 0 Å². The lowest BCUT2D eigenvalue weighted by Crippen LogP contribution is -2.02. The molecule has 0 aliphatic rings. The molecule has 0 fully saturated rings. The van der Waals surface area contributed by atoms with Crippen LogP contribution < -0.4 is 9.47 Å². The zero-order chi connectivity index (χ0) is 15.1. The van der Waals surface area contributed by atoms with E-state index >= 15 is 0 Å². The second kappa shape index (κ2) is 7.59. The molecular formula is C16H16O4S. The van der Waals surface area contributed by atoms with Gasteiger partial charge in [0, 0.05) is 16.7 Å². The van der Waals surface area contributed by atoms with E-state index in [4.69, 9.17) is 14.6 Å². The molecule has 0 saturated heterocycles. The molecule has 0 bridgehead atoms. The minimum absolute atomic E-state index is 0.323. The Balaban J connectivity index is 1.86. The molecule has 0 aromatic heterocycles. The van der Waals surface area contributed by atoms with E-state index in [9.17, 15) is 4.79 Å². The highest BCUT2D eigenvalue weighted by Crippen LogP contribution is 2.23. The van der Waals surface area contributed by atoms with Crippen LogP contribution in [0.15, 0.2) is 53.4 Å². The summed E-state index contributed by atoms with van der Waals surface area (Å²) in [5.41, 5.74) is 0.323. The van der Waals surface area contributed by atoms with Gasteiger partial charge in [-0.1, -0.05) is 18.2 Å². The number of hydrogen-bond acceptors (Lipinski definition) is 4. The molecule has 0 atom stereocenters. The van der Waals surface area contributed by atoms with E-state index in [0.717, 1.165) is 16.4 Å². The normalized spacial score (nSPS) is 10.1. The zero-order valence-corrected chi connectivity index (χ0v) is 12.4. The smallest absolute Gasteiger partial charge is 0.336 e. The van der Waals surface area contributed by atoms with Gasteiger partial charge in [0.25, 0.3) is 0 Å². The Morgan fingerprint density at radius 2 is 1.90 bits per heavy atom. The number of carboxylic acid groups (broad SMARTS) is 1. The van der Waals surface area contributed by atoms with Crippen LogP contribution in [0.25, 0.3) is 0 Å². The molecule has 0 aliphatic carbocycles. The molecule has 5 heteroatoms. The third kappa shape index (κ3) is 4.43. The Bertz CT molecular complexity index is 613. The van der Waals surface area contributed by atoms with Crippen molar-refractivity contribution in [1.29, 1.82) is 0 Å². The Morgan fingerprint density at radius 3 is 2.67 bits per heavy atom. The van der Waals surface area contributed by atoms with Crippen molar-refractivity contribution in [1.82, 2.24) is 0 Å². The first-order chi connectivity index (χ1) is 10.2. The molecule has 0 spiro atoms. The second-order valence-electron chi connectivity index (χ2n) is 4.18. The van der Waals surface area contributed by atoms with Crippen LogP contribution in [0.1, 0.15) is 10.4 Å². The molecule has 0 unspecified atom stereocenters. The van der Waals surface area contributed by atoms with E-state index in [0.29, 0.717) is 17.9 Å². The highest BCUT2D eigenvalue weighted by Gasteiger charge is 2.09. The minimum Gasteiger partial charge on any atom is -0.497 e. The quantitative estimate of drug-likeness (QED) is 0.626. The molecule has 2 aromatic rings. The van der Waals surface area contributed by atoms with E-state index in [1.165, 1.54) is 11.8 Å². The maximum Gasteiger partial charge on any atom is 0.336 e. The fourth-order valence-corrected chi connectivity index (χ4v) is 2.64. The van der Waals surface area contributed by atoms with Gasteiger partial charge in [-0.05, 0) is 24.3 Å². The van der Waals surface area contributed by atoms with Crippen LogP contribution in [-0.2, 0) is 0 Å². The van der Waals surface area contributed by atoms with Gasteiger partial charge in [-0.15, -0.1) is 11.8 Å². The molecule has 0 amide bonds. The maximum atomic E-state index is 11.1. The van der Waals surface area contributed by atoms with Gasteiger partial charge in [0.2, 0.25) is 0 Å². The third-order valence-corrected chi connectivity index (χ3v) is 3.81. The van der Waals surface area contributed by atoms with Gasteiger partial charge in [0.15, 0.2) is 0 Å². The van der Waals surface area contributed by atoms with Crippen molar-refractivity contribution < 1.29 is 19.4 Å². The lowest BCUT2D eigenvalue weighted by molar-refractivity contribution is 0.0693. The van der Waals surface area contributed by atoms with Crippen molar-refractivity contribution in [3.05, 3.63) is 54.1 Å². The number of methoxy groups -OCH3 is 1. The highest BCUT2D eigenvalue weighted by atomic mass is 32.2. The van der Waals surface area contributed by atoms with Crippen molar-refractivity contribution in [3.8, 4) is 11.5 Å². The van der Waals surface area contributed by atoms with Gasteiger partial charge in [-0.3, -0.25) is 0 Å². The number of aromatic carboxylic acids is 1. The lowest BCUT2D eigenvalue weighted by atomic mass is 10.2. The number of rotatable bonds is 7. The Hall–Kier alpha value is -2.14. The number of benzene rings is 2. The molecule has 0 aliphatic heterocycles. The van der Waals surface area contributed by atoms with Crippen LogP contribution >= 0.6 is 11.8 Å². The standard InChI is InChI=1S/C16H16O4S/c1-19-12-5-4-6-13(11-12)20-9-10-21-15-8-3-2-7-14(15)16(17)18/h2-8,11H,9-10H2,1H3,(H,17,18). The molecule has 2 rings (SSSR count). The summed E-state index contributed by atoms with van der Waals surface area (Å²) >= 11 is 1.47. The van der Waals surface area contributed by atoms with Crippen LogP contribution in [0, 0.1) is 0 Å². The highest BCUT2D eigenvalue weighted by molar-refractivity contribution is 7.99. The fraction of sp³-hybridized carbons (Fsp3) is 0.188. The summed E-state index contributed by atoms with van der Waals surface area (Å²) in [6.45, 7) is 0.492. The zero-order valence-electron chi connectivity index (χ0n) is 11.6. The minimum atomic E-state index is -0.910. The monoisotopic (exact) mass is 304 g/mol. The van der Waals surface area contributed by atoms with Crippen molar-refractivity contribution in [2.75, 3.05) is 19.5 Å². The van der Waals surface area contributed by atoms with Crippen molar-refractivity contribution in [3.63, 3.8) is 0 Å². The predicted molar refractivity (Wildman–Crippen MR) is 82.6 cm³/mol. The van der Waals surface area contributed by atoms with Crippen LogP contribution in [0.5, 0.6) is 11.5 Å². The number of thioether (sulfide) groups is 1. The molecule has 21 heavy (non-hydrogen) atoms. The molecule has 0 saturated carbocycles. The average Bonchev–Trinajstić information content (AvgIpc) is 2.52. The SMILES string of the molecule is COc1cccc(OCCSc2ccccc2C(=O)O)c1. The summed E-state index contributed by atoms with van der Waals surface area (Å²) in [5, 5.41) is 9.10. The Kier molecular flexibility index (Phi) is 5.51. The number of carboxylic acids is 1. The summed E-state index contributed by atoms with van der Waals surface area (Å²) in [7, 11) is 1.61. The summed E-state index contributed by atoms with van der Waals surface area (Å²) in [6, 6.07) is 14.4. The largest absolute Gasteiger partial charge is 0.497 e. The van der Waals surface area contributed by atoms with Crippen LogP contribution in [0.3, 0.4) is 0 Å². The molecule has 4 nitrogen and oxygen atoms in total. The summed E-state index contributed by atoms with van der Waals surface area (Å²) in [5.74, 6) is 1.24. The summed E-state index contributed by atoms with van der Waals surface area (Å²) < 4.78 is 10.7. The van der Waals surface area contributed by atoms with E-state index in [-0.39, 0.29) is 0 Å². The van der Waals surface area contributed by atoms with Crippen LogP contribution in [0.2, 0.25) is 0 Å². The first-order valence-electron chi connectivity index (χ1n) is 6.42. The van der Waals surface area contributed by atoms with E-state index < -0.39 is 5.97 Å². The third-order valence-electron chi connectivity index (χ3n) is 2.77. The van der Waals surface area contributed by atoms with Crippen molar-refractivity contribution >= 4 is 17.7 Å². The second-order valence-corrected chi connectivity index (χ2v) is 5.31. The van der Waals surface area contributed by atoms with E-state index in [1.54, 1.807) is 25.3 Å². The molecular weight excluding hydrogens is 288 g/mol. The van der Waals surface area contributed by atoms with Crippen LogP contribution in [-0.4, -0.2) is 30.5 Å². The first kappa shape index (κ1) is 15.3. The number of carbonyl (C=O) groups is 1. The molecule has 0 heterocycles. The average molecular weight is 304 g/mol. The van der Waals surface area contributed by atoms with Gasteiger partial charge in [-0.25, -0.2) is 4.79 Å². The molecule has 1 N–H and O–H groups in total. The van der Waals surface area contributed by atoms with Gasteiger partial charge >= 0.3 is 5.97 Å². The molecule has 2 aromatic carbocycles. The molecule has 0 radical (unpaired) electrons. The van der Waals surface area contributed by atoms with E-state index in [1.807, 2.05) is 30.3 Å². The van der Waals surface area contributed by atoms with Crippen molar-refractivity contribution in [2.45, 2.75) is 4.90 Å². The maximum absolute atomic E-state index is 11.1. The Labute approximate surface area is 127 Å². The predicted octanol–water partition coefficient (Wildman–Crippen LogP) is 3.56. The number of hydrogen-bond donors (Lipinski definition) is 1. The first-order valence-corrected chi connectivity index (χ1v) is 7.41. The molecule has 110 valence electrons. The van der Waals surface area contributed by atoms with Gasteiger partial charge in [0.1, 0.15) is 11.5 Å².